The number of hydrogen-bond donors (Lipinski definition) is 2. The number of guanidine groups is 1. The van der Waals surface area contributed by atoms with Crippen LogP contribution in [0.1, 0.15) is 35.6 Å². The molecule has 0 atom stereocenters. The van der Waals surface area contributed by atoms with Crippen molar-refractivity contribution in [1.82, 2.24) is 20.5 Å². The topological polar surface area (TPSA) is 69.6 Å². The molecule has 1 aliphatic carbocycles. The molecule has 6 nitrogen and oxygen atoms in total. The smallest absolute Gasteiger partial charge is 0.243 e. The van der Waals surface area contributed by atoms with Crippen LogP contribution in [0, 0.1) is 6.92 Å². The number of aromatic nitrogens is 1. The standard InChI is InChI=1S/C15H25N5OS/c1-11-8-16-13(22-11)9-17-15(18-10-14(21)20(2)3)19-12-6-4-5-7-12/h8,12H,4-7,9-10H2,1-3H3,(H2,17,18,19). The quantitative estimate of drug-likeness (QED) is 0.637. The van der Waals surface area contributed by atoms with Crippen LogP contribution >= 0.6 is 11.3 Å². The molecule has 1 aliphatic rings. The molecule has 122 valence electrons. The SMILES string of the molecule is Cc1cnc(CNC(=NCC(=O)N(C)C)NC2CCCC2)s1. The first kappa shape index (κ1) is 16.7. The van der Waals surface area contributed by atoms with E-state index in [2.05, 4.69) is 20.6 Å². The Bertz CT molecular complexity index is 520. The first-order valence-electron chi connectivity index (χ1n) is 7.71. The lowest BCUT2D eigenvalue weighted by molar-refractivity contribution is -0.127. The van der Waals surface area contributed by atoms with E-state index in [1.807, 2.05) is 13.1 Å². The molecular formula is C15H25N5OS. The lowest BCUT2D eigenvalue weighted by Crippen LogP contribution is -2.42. The van der Waals surface area contributed by atoms with Gasteiger partial charge in [-0.1, -0.05) is 12.8 Å². The van der Waals surface area contributed by atoms with Crippen molar-refractivity contribution in [2.24, 2.45) is 4.99 Å². The monoisotopic (exact) mass is 323 g/mol. The number of hydrogen-bond acceptors (Lipinski definition) is 4. The Balaban J connectivity index is 1.93. The summed E-state index contributed by atoms with van der Waals surface area (Å²) in [5.74, 6) is 0.701. The zero-order valence-electron chi connectivity index (χ0n) is 13.6. The van der Waals surface area contributed by atoms with Gasteiger partial charge in [0.1, 0.15) is 11.6 Å². The summed E-state index contributed by atoms with van der Waals surface area (Å²) in [6, 6.07) is 0.457. The number of aryl methyl sites for hydroxylation is 1. The molecule has 0 radical (unpaired) electrons. The molecule has 0 aliphatic heterocycles. The van der Waals surface area contributed by atoms with Crippen LogP contribution in [0.4, 0.5) is 0 Å². The molecule has 7 heteroatoms. The van der Waals surface area contributed by atoms with E-state index in [1.54, 1.807) is 30.3 Å². The van der Waals surface area contributed by atoms with Crippen molar-refractivity contribution in [1.29, 1.82) is 0 Å². The zero-order valence-corrected chi connectivity index (χ0v) is 14.4. The number of aliphatic imine (C=N–C) groups is 1. The van der Waals surface area contributed by atoms with E-state index in [9.17, 15) is 4.79 Å². The number of rotatable bonds is 5. The Morgan fingerprint density at radius 1 is 1.45 bits per heavy atom. The molecule has 0 saturated heterocycles. The highest BCUT2D eigenvalue weighted by Gasteiger charge is 2.16. The molecule has 0 bridgehead atoms. The fourth-order valence-corrected chi connectivity index (χ4v) is 3.07. The average Bonchev–Trinajstić information content (AvgIpc) is 3.13. The number of carbonyl (C=O) groups excluding carboxylic acids is 1. The van der Waals surface area contributed by atoms with Gasteiger partial charge in [0.15, 0.2) is 5.96 Å². The van der Waals surface area contributed by atoms with Crippen molar-refractivity contribution in [3.63, 3.8) is 0 Å². The summed E-state index contributed by atoms with van der Waals surface area (Å²) in [4.78, 5) is 23.2. The van der Waals surface area contributed by atoms with E-state index in [0.717, 1.165) is 5.01 Å². The molecule has 0 aromatic carbocycles. The van der Waals surface area contributed by atoms with Gasteiger partial charge in [0, 0.05) is 31.2 Å². The van der Waals surface area contributed by atoms with Gasteiger partial charge in [-0.2, -0.15) is 0 Å². The van der Waals surface area contributed by atoms with Gasteiger partial charge in [-0.3, -0.25) is 4.79 Å². The molecule has 1 heterocycles. The highest BCUT2D eigenvalue weighted by atomic mass is 32.1. The summed E-state index contributed by atoms with van der Waals surface area (Å²) in [7, 11) is 3.49. The van der Waals surface area contributed by atoms with Crippen LogP contribution in [0.5, 0.6) is 0 Å². The largest absolute Gasteiger partial charge is 0.354 e. The summed E-state index contributed by atoms with van der Waals surface area (Å²) < 4.78 is 0. The van der Waals surface area contributed by atoms with Gasteiger partial charge in [0.2, 0.25) is 5.91 Å². The number of carbonyl (C=O) groups is 1. The number of nitrogens with zero attached hydrogens (tertiary/aromatic N) is 3. The maximum absolute atomic E-state index is 11.7. The Labute approximate surface area is 136 Å². The molecule has 1 aromatic rings. The van der Waals surface area contributed by atoms with Gasteiger partial charge in [-0.05, 0) is 19.8 Å². The van der Waals surface area contributed by atoms with Crippen LogP contribution in [0.3, 0.4) is 0 Å². The lowest BCUT2D eigenvalue weighted by atomic mass is 10.2. The Morgan fingerprint density at radius 2 is 2.18 bits per heavy atom. The van der Waals surface area contributed by atoms with Crippen LogP contribution < -0.4 is 10.6 Å². The van der Waals surface area contributed by atoms with E-state index < -0.39 is 0 Å². The number of amides is 1. The molecular weight excluding hydrogens is 298 g/mol. The second-order valence-electron chi connectivity index (χ2n) is 5.80. The Hall–Kier alpha value is -1.63. The molecule has 1 amide bonds. The third-order valence-electron chi connectivity index (χ3n) is 3.64. The summed E-state index contributed by atoms with van der Waals surface area (Å²) in [5.41, 5.74) is 0. The maximum atomic E-state index is 11.7. The predicted octanol–water partition coefficient (Wildman–Crippen LogP) is 1.52. The van der Waals surface area contributed by atoms with Gasteiger partial charge in [0.25, 0.3) is 0 Å². The number of nitrogens with one attached hydrogen (secondary N) is 2. The minimum atomic E-state index is -0.00221. The minimum Gasteiger partial charge on any atom is -0.354 e. The van der Waals surface area contributed by atoms with Crippen molar-refractivity contribution in [2.75, 3.05) is 20.6 Å². The predicted molar refractivity (Wildman–Crippen MR) is 90.1 cm³/mol. The van der Waals surface area contributed by atoms with E-state index in [4.69, 9.17) is 0 Å². The summed E-state index contributed by atoms with van der Waals surface area (Å²) in [6.07, 6.45) is 6.72. The lowest BCUT2D eigenvalue weighted by Gasteiger charge is -2.17. The third-order valence-corrected chi connectivity index (χ3v) is 4.56. The molecule has 2 N–H and O–H groups in total. The highest BCUT2D eigenvalue weighted by molar-refractivity contribution is 7.11. The average molecular weight is 323 g/mol. The normalized spacial score (nSPS) is 15.9. The first-order chi connectivity index (χ1) is 10.5. The van der Waals surface area contributed by atoms with Crippen LogP contribution in [0.2, 0.25) is 0 Å². The van der Waals surface area contributed by atoms with Crippen molar-refractivity contribution < 1.29 is 4.79 Å². The van der Waals surface area contributed by atoms with E-state index in [-0.39, 0.29) is 12.5 Å². The van der Waals surface area contributed by atoms with Crippen molar-refractivity contribution in [3.05, 3.63) is 16.1 Å². The molecule has 1 fully saturated rings. The molecule has 1 aromatic heterocycles. The molecule has 1 saturated carbocycles. The maximum Gasteiger partial charge on any atom is 0.243 e. The fourth-order valence-electron chi connectivity index (χ4n) is 2.35. The van der Waals surface area contributed by atoms with Gasteiger partial charge >= 0.3 is 0 Å². The van der Waals surface area contributed by atoms with Crippen LogP contribution in [-0.4, -0.2) is 48.4 Å². The zero-order chi connectivity index (χ0) is 15.9. The van der Waals surface area contributed by atoms with Gasteiger partial charge in [-0.15, -0.1) is 11.3 Å². The summed E-state index contributed by atoms with van der Waals surface area (Å²) >= 11 is 1.67. The van der Waals surface area contributed by atoms with Crippen molar-refractivity contribution in [2.45, 2.75) is 45.2 Å². The Kier molecular flexibility index (Phi) is 6.18. The van der Waals surface area contributed by atoms with Crippen LogP contribution in [0.25, 0.3) is 0 Å². The first-order valence-corrected chi connectivity index (χ1v) is 8.52. The fraction of sp³-hybridized carbons (Fsp3) is 0.667. The number of thiazole rings is 1. The van der Waals surface area contributed by atoms with E-state index in [0.29, 0.717) is 18.5 Å². The molecule has 22 heavy (non-hydrogen) atoms. The van der Waals surface area contributed by atoms with Gasteiger partial charge in [0.05, 0.1) is 6.54 Å². The van der Waals surface area contributed by atoms with Crippen molar-refractivity contribution in [3.8, 4) is 0 Å². The van der Waals surface area contributed by atoms with Gasteiger partial charge < -0.3 is 15.5 Å². The van der Waals surface area contributed by atoms with Gasteiger partial charge in [-0.25, -0.2) is 9.98 Å². The van der Waals surface area contributed by atoms with Crippen LogP contribution in [-0.2, 0) is 11.3 Å². The number of likely N-dealkylation sites (N-methyl/N-ethyl adjacent to an activating group) is 1. The van der Waals surface area contributed by atoms with Crippen LogP contribution in [0.15, 0.2) is 11.2 Å². The van der Waals surface area contributed by atoms with E-state index >= 15 is 0 Å². The highest BCUT2D eigenvalue weighted by Crippen LogP contribution is 2.17. The molecule has 0 spiro atoms. The summed E-state index contributed by atoms with van der Waals surface area (Å²) in [5, 5.41) is 7.74. The Morgan fingerprint density at radius 3 is 2.77 bits per heavy atom. The second-order valence-corrected chi connectivity index (χ2v) is 7.12. The molecule has 2 rings (SSSR count). The van der Waals surface area contributed by atoms with E-state index in [1.165, 1.54) is 30.6 Å². The summed E-state index contributed by atoms with van der Waals surface area (Å²) in [6.45, 7) is 2.84. The third kappa shape index (κ3) is 5.29. The second kappa shape index (κ2) is 8.12. The molecule has 0 unspecified atom stereocenters. The van der Waals surface area contributed by atoms with Crippen molar-refractivity contribution >= 4 is 23.2 Å². The minimum absolute atomic E-state index is 0.00221.